The molecule has 2 N–H and O–H groups in total. The van der Waals surface area contributed by atoms with Crippen LogP contribution in [0.4, 0.5) is 21.5 Å². The van der Waals surface area contributed by atoms with Crippen molar-refractivity contribution in [3.05, 3.63) is 89.2 Å². The first-order valence-electron chi connectivity index (χ1n) is 10.8. The molecule has 3 aromatic rings. The Morgan fingerprint density at radius 3 is 2.52 bits per heavy atom. The molecule has 6 nitrogen and oxygen atoms in total. The summed E-state index contributed by atoms with van der Waals surface area (Å²) in [5.41, 5.74) is 3.37. The van der Waals surface area contributed by atoms with Crippen LogP contribution in [0.5, 0.6) is 0 Å². The number of aromatic carboxylic acids is 1. The molecule has 1 aliphatic rings. The number of carboxylic acids is 1. The van der Waals surface area contributed by atoms with E-state index in [2.05, 4.69) is 47.2 Å². The molecule has 170 valence electrons. The summed E-state index contributed by atoms with van der Waals surface area (Å²) in [6.07, 6.45) is 0. The minimum atomic E-state index is -1.10. The van der Waals surface area contributed by atoms with E-state index in [0.717, 1.165) is 12.2 Å². The molecule has 1 saturated heterocycles. The Morgan fingerprint density at radius 1 is 1.03 bits per heavy atom. The summed E-state index contributed by atoms with van der Waals surface area (Å²) in [5, 5.41) is 12.2. The van der Waals surface area contributed by atoms with Crippen LogP contribution in [-0.4, -0.2) is 42.7 Å². The van der Waals surface area contributed by atoms with Gasteiger partial charge in [0.2, 0.25) is 0 Å². The number of nitrogens with zero attached hydrogens (tertiary/aromatic N) is 2. The fourth-order valence-electron chi connectivity index (χ4n) is 4.25. The van der Waals surface area contributed by atoms with Crippen molar-refractivity contribution in [2.24, 2.45) is 0 Å². The molecule has 0 bridgehead atoms. The van der Waals surface area contributed by atoms with E-state index in [0.29, 0.717) is 24.5 Å². The van der Waals surface area contributed by atoms with Gasteiger partial charge in [-0.3, -0.25) is 4.79 Å². The number of piperazine rings is 1. The lowest BCUT2D eigenvalue weighted by atomic mass is 10.1. The van der Waals surface area contributed by atoms with Gasteiger partial charge in [-0.2, -0.15) is 0 Å². The Bertz CT molecular complexity index is 1200. The zero-order valence-corrected chi connectivity index (χ0v) is 18.6. The Hall–Kier alpha value is -3.87. The van der Waals surface area contributed by atoms with Crippen molar-refractivity contribution in [2.45, 2.75) is 19.9 Å². The van der Waals surface area contributed by atoms with Gasteiger partial charge in [0.05, 0.1) is 22.5 Å². The predicted molar refractivity (Wildman–Crippen MR) is 128 cm³/mol. The molecule has 0 saturated carbocycles. The van der Waals surface area contributed by atoms with Crippen molar-refractivity contribution in [2.75, 3.05) is 34.8 Å². The van der Waals surface area contributed by atoms with Crippen LogP contribution >= 0.6 is 0 Å². The molecular formula is C26H26FN3O3. The van der Waals surface area contributed by atoms with Crippen molar-refractivity contribution < 1.29 is 19.1 Å². The lowest BCUT2D eigenvalue weighted by Crippen LogP contribution is -2.52. The van der Waals surface area contributed by atoms with Gasteiger partial charge in [0, 0.05) is 31.4 Å². The number of hydrogen-bond donors (Lipinski definition) is 2. The first-order valence-corrected chi connectivity index (χ1v) is 10.8. The second kappa shape index (κ2) is 9.32. The highest BCUT2D eigenvalue weighted by Gasteiger charge is 2.26. The van der Waals surface area contributed by atoms with E-state index in [1.165, 1.54) is 35.9 Å². The average Bonchev–Trinajstić information content (AvgIpc) is 2.79. The minimum Gasteiger partial charge on any atom is -0.478 e. The summed E-state index contributed by atoms with van der Waals surface area (Å²) < 4.78 is 14.1. The maximum absolute atomic E-state index is 14.1. The number of carboxylic acid groups (broad SMARTS) is 1. The van der Waals surface area contributed by atoms with E-state index < -0.39 is 17.7 Å². The number of carbonyl (C=O) groups is 2. The number of anilines is 3. The quantitative estimate of drug-likeness (QED) is 0.588. The number of nitrogens with one attached hydrogen (secondary N) is 1. The number of carbonyl (C=O) groups excluding carboxylic acids is 1. The van der Waals surface area contributed by atoms with Crippen LogP contribution in [0.3, 0.4) is 0 Å². The normalized spacial score (nSPS) is 15.9. The molecule has 1 heterocycles. The van der Waals surface area contributed by atoms with Gasteiger partial charge in [0.25, 0.3) is 5.91 Å². The second-order valence-electron chi connectivity index (χ2n) is 8.30. The standard InChI is InChI=1S/C26H26FN3O3/c1-17-6-5-7-20(14-17)30-13-12-29(16-18(30)2)24-11-10-19(26(32)33)15-23(24)28-25(31)21-8-3-4-9-22(21)27/h3-11,14-15,18H,12-13,16H2,1-2H3,(H,28,31)(H,32,33)/t18-/m0/s1. The first kappa shape index (κ1) is 22.3. The highest BCUT2D eigenvalue weighted by Crippen LogP contribution is 2.31. The SMILES string of the molecule is Cc1cccc(N2CCN(c3ccc(C(=O)O)cc3NC(=O)c3ccccc3F)C[C@@H]2C)c1. The van der Waals surface area contributed by atoms with Gasteiger partial charge >= 0.3 is 5.97 Å². The third kappa shape index (κ3) is 4.82. The topological polar surface area (TPSA) is 72.9 Å². The van der Waals surface area contributed by atoms with Gasteiger partial charge in [-0.15, -0.1) is 0 Å². The molecule has 33 heavy (non-hydrogen) atoms. The number of rotatable bonds is 5. The van der Waals surface area contributed by atoms with Gasteiger partial charge < -0.3 is 20.2 Å². The van der Waals surface area contributed by atoms with Crippen molar-refractivity contribution in [1.82, 2.24) is 0 Å². The van der Waals surface area contributed by atoms with Gasteiger partial charge in [0.15, 0.2) is 0 Å². The number of aryl methyl sites for hydroxylation is 1. The maximum atomic E-state index is 14.1. The molecule has 0 spiro atoms. The molecule has 4 rings (SSSR count). The Morgan fingerprint density at radius 2 is 1.82 bits per heavy atom. The van der Waals surface area contributed by atoms with Crippen LogP contribution in [-0.2, 0) is 0 Å². The first-order chi connectivity index (χ1) is 15.8. The molecule has 0 aliphatic carbocycles. The lowest BCUT2D eigenvalue weighted by molar-refractivity contribution is 0.0696. The third-order valence-electron chi connectivity index (χ3n) is 5.91. The molecular weight excluding hydrogens is 421 g/mol. The van der Waals surface area contributed by atoms with Gasteiger partial charge in [-0.25, -0.2) is 9.18 Å². The summed E-state index contributed by atoms with van der Waals surface area (Å²) in [6, 6.07) is 18.9. The van der Waals surface area contributed by atoms with Crippen molar-refractivity contribution in [3.63, 3.8) is 0 Å². The number of amides is 1. The van der Waals surface area contributed by atoms with Gasteiger partial charge in [-0.1, -0.05) is 24.3 Å². The predicted octanol–water partition coefficient (Wildman–Crippen LogP) is 4.80. The molecule has 0 aromatic heterocycles. The summed E-state index contributed by atoms with van der Waals surface area (Å²) >= 11 is 0. The zero-order chi connectivity index (χ0) is 23.5. The third-order valence-corrected chi connectivity index (χ3v) is 5.91. The fourth-order valence-corrected chi connectivity index (χ4v) is 4.25. The molecule has 1 atom stereocenters. The second-order valence-corrected chi connectivity index (χ2v) is 8.30. The minimum absolute atomic E-state index is 0.0500. The van der Waals surface area contributed by atoms with Crippen LogP contribution in [0, 0.1) is 12.7 Å². The molecule has 1 fully saturated rings. The monoisotopic (exact) mass is 447 g/mol. The molecule has 7 heteroatoms. The van der Waals surface area contributed by atoms with E-state index in [9.17, 15) is 19.1 Å². The van der Waals surface area contributed by atoms with Gasteiger partial charge in [0.1, 0.15) is 5.82 Å². The highest BCUT2D eigenvalue weighted by atomic mass is 19.1. The molecule has 1 amide bonds. The number of halogens is 1. The summed E-state index contributed by atoms with van der Waals surface area (Å²) in [4.78, 5) is 28.8. The van der Waals surface area contributed by atoms with Crippen molar-refractivity contribution in [1.29, 1.82) is 0 Å². The van der Waals surface area contributed by atoms with Crippen LogP contribution in [0.2, 0.25) is 0 Å². The van der Waals surface area contributed by atoms with Crippen LogP contribution < -0.4 is 15.1 Å². The Kier molecular flexibility index (Phi) is 6.31. The molecule has 1 aliphatic heterocycles. The zero-order valence-electron chi connectivity index (χ0n) is 18.6. The van der Waals surface area contributed by atoms with E-state index in [1.54, 1.807) is 12.1 Å². The number of benzene rings is 3. The number of hydrogen-bond acceptors (Lipinski definition) is 4. The van der Waals surface area contributed by atoms with Gasteiger partial charge in [-0.05, 0) is 61.9 Å². The molecule has 3 aromatic carbocycles. The average molecular weight is 448 g/mol. The Balaban J connectivity index is 1.60. The summed E-state index contributed by atoms with van der Waals surface area (Å²) in [6.45, 7) is 6.35. The smallest absolute Gasteiger partial charge is 0.335 e. The van der Waals surface area contributed by atoms with E-state index in [1.807, 2.05) is 6.07 Å². The van der Waals surface area contributed by atoms with E-state index >= 15 is 0 Å². The summed E-state index contributed by atoms with van der Waals surface area (Å²) in [7, 11) is 0. The van der Waals surface area contributed by atoms with Crippen molar-refractivity contribution in [3.8, 4) is 0 Å². The molecule has 0 radical (unpaired) electrons. The highest BCUT2D eigenvalue weighted by molar-refractivity contribution is 6.07. The van der Waals surface area contributed by atoms with Crippen molar-refractivity contribution >= 4 is 28.9 Å². The largest absolute Gasteiger partial charge is 0.478 e. The van der Waals surface area contributed by atoms with Crippen LogP contribution in [0.25, 0.3) is 0 Å². The lowest BCUT2D eigenvalue weighted by Gasteiger charge is -2.43. The Labute approximate surface area is 192 Å². The summed E-state index contributed by atoms with van der Waals surface area (Å²) in [5.74, 6) is -2.35. The van der Waals surface area contributed by atoms with E-state index in [-0.39, 0.29) is 17.2 Å². The van der Waals surface area contributed by atoms with Crippen LogP contribution in [0.1, 0.15) is 33.2 Å². The molecule has 0 unspecified atom stereocenters. The van der Waals surface area contributed by atoms with E-state index in [4.69, 9.17) is 0 Å². The van der Waals surface area contributed by atoms with Crippen LogP contribution in [0.15, 0.2) is 66.7 Å². The fraction of sp³-hybridized carbons (Fsp3) is 0.231. The maximum Gasteiger partial charge on any atom is 0.335 e.